The molecule has 3 aromatic rings. The van der Waals surface area contributed by atoms with Crippen LogP contribution in [0.5, 0.6) is 0 Å². The predicted molar refractivity (Wildman–Crippen MR) is 150 cm³/mol. The average molecular weight is 537 g/mol. The summed E-state index contributed by atoms with van der Waals surface area (Å²) in [5.41, 5.74) is 2.31. The quantitative estimate of drug-likeness (QED) is 0.162. The standard InChI is InChI=1S/C28H36N6O5/c1-4-6-17-38-24(35)20-8-12-22(13-9-20)30-27-32-26(29-16-19-37-3)33-28(34-27)31-23-14-10-21(11-15-23)25(36)39-18-7-5-2/h8-15H,4-7,16-19H2,1-3H3,(H3,29,30,31,32,33,34). The Morgan fingerprint density at radius 3 is 1.51 bits per heavy atom. The molecule has 0 aliphatic heterocycles. The third-order valence-corrected chi connectivity index (χ3v) is 5.44. The molecule has 0 radical (unpaired) electrons. The third-order valence-electron chi connectivity index (χ3n) is 5.44. The van der Waals surface area contributed by atoms with Crippen LogP contribution in [0.2, 0.25) is 0 Å². The first-order valence-electron chi connectivity index (χ1n) is 13.1. The van der Waals surface area contributed by atoms with E-state index < -0.39 is 0 Å². The zero-order valence-corrected chi connectivity index (χ0v) is 22.7. The predicted octanol–water partition coefficient (Wildman–Crippen LogP) is 5.33. The van der Waals surface area contributed by atoms with Gasteiger partial charge in [0.2, 0.25) is 17.8 Å². The van der Waals surface area contributed by atoms with Crippen LogP contribution in [0.3, 0.4) is 0 Å². The fourth-order valence-corrected chi connectivity index (χ4v) is 3.25. The molecule has 3 N–H and O–H groups in total. The molecule has 0 unspecified atom stereocenters. The topological polar surface area (TPSA) is 137 Å². The van der Waals surface area contributed by atoms with Gasteiger partial charge < -0.3 is 30.2 Å². The van der Waals surface area contributed by atoms with Crippen LogP contribution in [-0.4, -0.2) is 60.4 Å². The minimum Gasteiger partial charge on any atom is -0.462 e. The normalized spacial score (nSPS) is 10.5. The van der Waals surface area contributed by atoms with Gasteiger partial charge in [-0.2, -0.15) is 15.0 Å². The largest absolute Gasteiger partial charge is 0.462 e. The Morgan fingerprint density at radius 2 is 1.10 bits per heavy atom. The Bertz CT molecular complexity index is 1100. The summed E-state index contributed by atoms with van der Waals surface area (Å²) in [4.78, 5) is 37.7. The molecule has 3 rings (SSSR count). The lowest BCUT2D eigenvalue weighted by Crippen LogP contribution is -2.13. The lowest BCUT2D eigenvalue weighted by atomic mass is 10.2. The maximum absolute atomic E-state index is 12.2. The molecule has 0 saturated heterocycles. The fraction of sp³-hybridized carbons (Fsp3) is 0.393. The molecule has 11 nitrogen and oxygen atoms in total. The van der Waals surface area contributed by atoms with Crippen LogP contribution in [0.1, 0.15) is 60.2 Å². The van der Waals surface area contributed by atoms with E-state index in [1.807, 2.05) is 13.8 Å². The van der Waals surface area contributed by atoms with Gasteiger partial charge in [-0.25, -0.2) is 9.59 Å². The number of benzene rings is 2. The maximum atomic E-state index is 12.2. The molecule has 1 heterocycles. The summed E-state index contributed by atoms with van der Waals surface area (Å²) in [5.74, 6) is 0.223. The number of esters is 2. The first kappa shape index (κ1) is 29.3. The molecule has 0 amide bonds. The zero-order valence-electron chi connectivity index (χ0n) is 22.7. The average Bonchev–Trinajstić information content (AvgIpc) is 2.94. The SMILES string of the molecule is CCCCOC(=O)c1ccc(Nc2nc(NCCOC)nc(Nc3ccc(C(=O)OCCCC)cc3)n2)cc1. The second kappa shape index (κ2) is 15.9. The van der Waals surface area contributed by atoms with E-state index in [9.17, 15) is 9.59 Å². The Hall–Kier alpha value is -4.25. The number of methoxy groups -OCH3 is 1. The number of carbonyl (C=O) groups is 2. The van der Waals surface area contributed by atoms with Gasteiger partial charge in [0.15, 0.2) is 0 Å². The van der Waals surface area contributed by atoms with E-state index in [2.05, 4.69) is 30.9 Å². The maximum Gasteiger partial charge on any atom is 0.338 e. The van der Waals surface area contributed by atoms with Gasteiger partial charge in [0.25, 0.3) is 0 Å². The second-order valence-electron chi connectivity index (χ2n) is 8.61. The van der Waals surface area contributed by atoms with Gasteiger partial charge >= 0.3 is 11.9 Å². The molecule has 0 aliphatic carbocycles. The molecule has 208 valence electrons. The Labute approximate surface area is 228 Å². The highest BCUT2D eigenvalue weighted by atomic mass is 16.5. The third kappa shape index (κ3) is 9.86. The van der Waals surface area contributed by atoms with Crippen LogP contribution in [0.25, 0.3) is 0 Å². The molecule has 0 spiro atoms. The summed E-state index contributed by atoms with van der Waals surface area (Å²) in [6.45, 7) is 5.87. The summed E-state index contributed by atoms with van der Waals surface area (Å²) in [5, 5.41) is 9.39. The van der Waals surface area contributed by atoms with Crippen LogP contribution < -0.4 is 16.0 Å². The molecule has 0 aliphatic rings. The van der Waals surface area contributed by atoms with E-state index in [1.165, 1.54) is 0 Å². The first-order chi connectivity index (χ1) is 19.0. The van der Waals surface area contributed by atoms with Crippen molar-refractivity contribution in [1.82, 2.24) is 15.0 Å². The van der Waals surface area contributed by atoms with E-state index >= 15 is 0 Å². The van der Waals surface area contributed by atoms with Gasteiger partial charge in [0, 0.05) is 25.0 Å². The first-order valence-corrected chi connectivity index (χ1v) is 13.1. The summed E-state index contributed by atoms with van der Waals surface area (Å²) in [6, 6.07) is 13.8. The molecular formula is C28H36N6O5. The van der Waals surface area contributed by atoms with Crippen molar-refractivity contribution in [1.29, 1.82) is 0 Å². The monoisotopic (exact) mass is 536 g/mol. The van der Waals surface area contributed by atoms with Gasteiger partial charge in [-0.1, -0.05) is 26.7 Å². The van der Waals surface area contributed by atoms with Gasteiger partial charge in [-0.05, 0) is 61.4 Å². The highest BCUT2D eigenvalue weighted by molar-refractivity contribution is 5.90. The second-order valence-corrected chi connectivity index (χ2v) is 8.61. The number of hydrogen-bond acceptors (Lipinski definition) is 11. The summed E-state index contributed by atoms with van der Waals surface area (Å²) in [6.07, 6.45) is 3.58. The van der Waals surface area contributed by atoms with Crippen molar-refractivity contribution in [3.05, 3.63) is 59.7 Å². The molecular weight excluding hydrogens is 500 g/mol. The van der Waals surface area contributed by atoms with E-state index in [0.717, 1.165) is 25.7 Å². The fourth-order valence-electron chi connectivity index (χ4n) is 3.25. The van der Waals surface area contributed by atoms with Crippen LogP contribution >= 0.6 is 0 Å². The van der Waals surface area contributed by atoms with Crippen LogP contribution in [-0.2, 0) is 14.2 Å². The number of carbonyl (C=O) groups excluding carboxylic acids is 2. The molecule has 0 atom stereocenters. The van der Waals surface area contributed by atoms with Crippen molar-refractivity contribution in [2.75, 3.05) is 49.4 Å². The molecule has 0 fully saturated rings. The highest BCUT2D eigenvalue weighted by Gasteiger charge is 2.11. The lowest BCUT2D eigenvalue weighted by molar-refractivity contribution is 0.0490. The van der Waals surface area contributed by atoms with E-state index in [0.29, 0.717) is 66.7 Å². The molecule has 1 aromatic heterocycles. The van der Waals surface area contributed by atoms with Gasteiger partial charge in [0.1, 0.15) is 0 Å². The Balaban J connectivity index is 1.71. The van der Waals surface area contributed by atoms with Gasteiger partial charge in [-0.3, -0.25) is 0 Å². The summed E-state index contributed by atoms with van der Waals surface area (Å²) >= 11 is 0. The molecule has 0 saturated carbocycles. The number of hydrogen-bond donors (Lipinski definition) is 3. The van der Waals surface area contributed by atoms with Crippen molar-refractivity contribution in [3.63, 3.8) is 0 Å². The number of nitrogens with zero attached hydrogens (tertiary/aromatic N) is 3. The van der Waals surface area contributed by atoms with E-state index in [-0.39, 0.29) is 11.9 Å². The van der Waals surface area contributed by atoms with Crippen LogP contribution in [0.15, 0.2) is 48.5 Å². The minimum absolute atomic E-state index is 0.293. The molecule has 2 aromatic carbocycles. The van der Waals surface area contributed by atoms with Gasteiger partial charge in [0.05, 0.1) is 30.9 Å². The van der Waals surface area contributed by atoms with Crippen LogP contribution in [0.4, 0.5) is 29.2 Å². The Kier molecular flexibility index (Phi) is 11.9. The minimum atomic E-state index is -0.355. The zero-order chi connectivity index (χ0) is 27.9. The van der Waals surface area contributed by atoms with Crippen molar-refractivity contribution < 1.29 is 23.8 Å². The van der Waals surface area contributed by atoms with Crippen molar-refractivity contribution in [2.45, 2.75) is 39.5 Å². The smallest absolute Gasteiger partial charge is 0.338 e. The summed E-state index contributed by atoms with van der Waals surface area (Å²) in [7, 11) is 1.61. The number of ether oxygens (including phenoxy) is 3. The van der Waals surface area contributed by atoms with Crippen molar-refractivity contribution in [3.8, 4) is 0 Å². The molecule has 11 heteroatoms. The molecule has 39 heavy (non-hydrogen) atoms. The number of rotatable bonds is 16. The van der Waals surface area contributed by atoms with Crippen molar-refractivity contribution >= 4 is 41.2 Å². The van der Waals surface area contributed by atoms with Crippen LogP contribution in [0, 0.1) is 0 Å². The van der Waals surface area contributed by atoms with Gasteiger partial charge in [-0.15, -0.1) is 0 Å². The van der Waals surface area contributed by atoms with E-state index in [1.54, 1.807) is 55.6 Å². The number of unbranched alkanes of at least 4 members (excludes halogenated alkanes) is 2. The Morgan fingerprint density at radius 1 is 0.667 bits per heavy atom. The molecule has 0 bridgehead atoms. The highest BCUT2D eigenvalue weighted by Crippen LogP contribution is 2.20. The number of aromatic nitrogens is 3. The lowest BCUT2D eigenvalue weighted by Gasteiger charge is -2.12. The number of anilines is 5. The van der Waals surface area contributed by atoms with E-state index in [4.69, 9.17) is 14.2 Å². The number of nitrogens with one attached hydrogen (secondary N) is 3. The summed E-state index contributed by atoms with van der Waals surface area (Å²) < 4.78 is 15.6. The van der Waals surface area contributed by atoms with Crippen molar-refractivity contribution in [2.24, 2.45) is 0 Å².